The van der Waals surface area contributed by atoms with Gasteiger partial charge in [0.15, 0.2) is 0 Å². The molecule has 66 valence electrons. The first-order valence-electron chi connectivity index (χ1n) is 4.49. The fourth-order valence-corrected chi connectivity index (χ4v) is 1.29. The van der Waals surface area contributed by atoms with Gasteiger partial charge in [-0.25, -0.2) is 0 Å². The normalized spacial score (nSPS) is 31.4. The molecule has 1 aliphatic heterocycles. The van der Waals surface area contributed by atoms with Gasteiger partial charge in [-0.3, -0.25) is 5.32 Å². The van der Waals surface area contributed by atoms with E-state index in [1.807, 2.05) is 0 Å². The molecule has 11 heavy (non-hydrogen) atoms. The lowest BCUT2D eigenvalue weighted by atomic mass is 9.91. The van der Waals surface area contributed by atoms with E-state index in [2.05, 4.69) is 26.1 Å². The van der Waals surface area contributed by atoms with Crippen molar-refractivity contribution in [1.29, 1.82) is 0 Å². The van der Waals surface area contributed by atoms with Crippen LogP contribution in [0, 0.1) is 5.41 Å². The smallest absolute Gasteiger partial charge is 0.107 e. The molecule has 0 bridgehead atoms. The van der Waals surface area contributed by atoms with Crippen LogP contribution in [0.25, 0.3) is 0 Å². The minimum Gasteiger partial charge on any atom is -0.363 e. The van der Waals surface area contributed by atoms with Crippen LogP contribution in [0.4, 0.5) is 0 Å². The summed E-state index contributed by atoms with van der Waals surface area (Å²) in [5.41, 5.74) is 0.358. The maximum atomic E-state index is 5.66. The fraction of sp³-hybridized carbons (Fsp3) is 1.00. The molecule has 1 N–H and O–H groups in total. The van der Waals surface area contributed by atoms with E-state index in [1.165, 1.54) is 6.42 Å². The van der Waals surface area contributed by atoms with Gasteiger partial charge in [-0.2, -0.15) is 0 Å². The van der Waals surface area contributed by atoms with Gasteiger partial charge in [-0.1, -0.05) is 20.8 Å². The molecule has 2 nitrogen and oxygen atoms in total. The summed E-state index contributed by atoms with van der Waals surface area (Å²) in [6.45, 7) is 8.64. The summed E-state index contributed by atoms with van der Waals surface area (Å²) in [5.74, 6) is 0. The van der Waals surface area contributed by atoms with Crippen molar-refractivity contribution >= 4 is 0 Å². The van der Waals surface area contributed by atoms with Crippen molar-refractivity contribution in [3.05, 3.63) is 0 Å². The third-order valence-corrected chi connectivity index (χ3v) is 2.22. The first-order chi connectivity index (χ1) is 5.14. The molecular weight excluding hydrogens is 138 g/mol. The van der Waals surface area contributed by atoms with Crippen LogP contribution in [0.15, 0.2) is 0 Å². The minimum absolute atomic E-state index is 0.289. The van der Waals surface area contributed by atoms with Crippen molar-refractivity contribution in [1.82, 2.24) is 5.32 Å². The predicted octanol–water partition coefficient (Wildman–Crippen LogP) is 1.76. The molecule has 0 radical (unpaired) electrons. The topological polar surface area (TPSA) is 21.3 Å². The summed E-state index contributed by atoms with van der Waals surface area (Å²) < 4.78 is 5.66. The molecule has 1 atom stereocenters. The Hall–Kier alpha value is -0.0800. The molecule has 1 unspecified atom stereocenters. The Morgan fingerprint density at radius 1 is 1.55 bits per heavy atom. The van der Waals surface area contributed by atoms with Crippen LogP contribution >= 0.6 is 0 Å². The van der Waals surface area contributed by atoms with E-state index in [4.69, 9.17) is 4.74 Å². The van der Waals surface area contributed by atoms with Crippen LogP contribution in [0.1, 0.15) is 33.6 Å². The van der Waals surface area contributed by atoms with Gasteiger partial charge < -0.3 is 4.74 Å². The maximum absolute atomic E-state index is 5.66. The summed E-state index contributed by atoms with van der Waals surface area (Å²) in [5, 5.41) is 3.36. The van der Waals surface area contributed by atoms with Gasteiger partial charge in [0.05, 0.1) is 6.61 Å². The lowest BCUT2D eigenvalue weighted by Crippen LogP contribution is -2.29. The van der Waals surface area contributed by atoms with E-state index >= 15 is 0 Å². The van der Waals surface area contributed by atoms with Gasteiger partial charge in [-0.15, -0.1) is 0 Å². The largest absolute Gasteiger partial charge is 0.363 e. The average molecular weight is 157 g/mol. The highest BCUT2D eigenvalue weighted by Gasteiger charge is 2.23. The Bertz CT molecular complexity index is 123. The molecule has 0 amide bonds. The molecular formula is C9H19NO. The monoisotopic (exact) mass is 157 g/mol. The molecule has 0 aromatic heterocycles. The number of hydrogen-bond acceptors (Lipinski definition) is 2. The average Bonchev–Trinajstić information content (AvgIpc) is 2.10. The number of ether oxygens (including phenoxy) is 1. The Morgan fingerprint density at radius 3 is 2.91 bits per heavy atom. The lowest BCUT2D eigenvalue weighted by Gasteiger charge is -2.21. The summed E-state index contributed by atoms with van der Waals surface area (Å²) in [7, 11) is 0. The van der Waals surface area contributed by atoms with E-state index in [0.717, 1.165) is 19.6 Å². The van der Waals surface area contributed by atoms with Gasteiger partial charge in [0.1, 0.15) is 6.23 Å². The molecule has 1 aliphatic rings. The van der Waals surface area contributed by atoms with Crippen LogP contribution in [-0.4, -0.2) is 19.4 Å². The molecule has 0 saturated carbocycles. The number of nitrogens with one attached hydrogen (secondary N) is 1. The van der Waals surface area contributed by atoms with Crippen LogP contribution in [0.5, 0.6) is 0 Å². The molecule has 1 rings (SSSR count). The van der Waals surface area contributed by atoms with Crippen molar-refractivity contribution in [2.45, 2.75) is 39.8 Å². The third kappa shape index (κ3) is 2.80. The number of rotatable bonds is 1. The summed E-state index contributed by atoms with van der Waals surface area (Å²) >= 11 is 0. The quantitative estimate of drug-likeness (QED) is 0.626. The van der Waals surface area contributed by atoms with E-state index in [1.54, 1.807) is 0 Å². The van der Waals surface area contributed by atoms with Gasteiger partial charge in [0.25, 0.3) is 0 Å². The lowest BCUT2D eigenvalue weighted by molar-refractivity contribution is 0.00505. The van der Waals surface area contributed by atoms with Gasteiger partial charge in [0, 0.05) is 0 Å². The second kappa shape index (κ2) is 3.55. The predicted molar refractivity (Wildman–Crippen MR) is 46.4 cm³/mol. The van der Waals surface area contributed by atoms with Gasteiger partial charge in [0.2, 0.25) is 0 Å². The summed E-state index contributed by atoms with van der Waals surface area (Å²) in [6.07, 6.45) is 2.57. The molecule has 2 heteroatoms. The van der Waals surface area contributed by atoms with Crippen LogP contribution in [0.3, 0.4) is 0 Å². The van der Waals surface area contributed by atoms with Crippen molar-refractivity contribution in [3.8, 4) is 0 Å². The maximum Gasteiger partial charge on any atom is 0.107 e. The van der Waals surface area contributed by atoms with E-state index < -0.39 is 0 Å². The van der Waals surface area contributed by atoms with Gasteiger partial charge in [-0.05, 0) is 24.8 Å². The molecule has 1 saturated heterocycles. The Kier molecular flexibility index (Phi) is 2.90. The van der Waals surface area contributed by atoms with E-state index in [-0.39, 0.29) is 6.23 Å². The molecule has 0 spiro atoms. The first-order valence-corrected chi connectivity index (χ1v) is 4.49. The first kappa shape index (κ1) is 9.01. The van der Waals surface area contributed by atoms with Crippen LogP contribution in [0.2, 0.25) is 0 Å². The van der Waals surface area contributed by atoms with Crippen molar-refractivity contribution in [2.24, 2.45) is 5.41 Å². The zero-order valence-corrected chi connectivity index (χ0v) is 7.81. The Balaban J connectivity index is 2.39. The van der Waals surface area contributed by atoms with E-state index in [9.17, 15) is 0 Å². The molecule has 0 aromatic carbocycles. The van der Waals surface area contributed by atoms with Crippen LogP contribution < -0.4 is 5.32 Å². The van der Waals surface area contributed by atoms with Crippen molar-refractivity contribution < 1.29 is 4.74 Å². The highest BCUT2D eigenvalue weighted by Crippen LogP contribution is 2.22. The van der Waals surface area contributed by atoms with Crippen molar-refractivity contribution in [2.75, 3.05) is 13.2 Å². The highest BCUT2D eigenvalue weighted by molar-refractivity contribution is 4.73. The standard InChI is InChI=1S/C9H19NO/c1-4-8-10-6-5-9(2,3)7-11-8/h8,10H,4-7H2,1-3H3. The van der Waals surface area contributed by atoms with Gasteiger partial charge >= 0.3 is 0 Å². The second-order valence-electron chi connectivity index (χ2n) is 4.08. The molecule has 0 aliphatic carbocycles. The zero-order valence-electron chi connectivity index (χ0n) is 7.81. The second-order valence-corrected chi connectivity index (χ2v) is 4.08. The molecule has 1 heterocycles. The summed E-state index contributed by atoms with van der Waals surface area (Å²) in [6, 6.07) is 0. The number of hydrogen-bond donors (Lipinski definition) is 1. The van der Waals surface area contributed by atoms with E-state index in [0.29, 0.717) is 5.41 Å². The minimum atomic E-state index is 0.289. The molecule has 0 aromatic rings. The fourth-order valence-electron chi connectivity index (χ4n) is 1.29. The SMILES string of the molecule is CCC1NCCC(C)(C)CO1. The van der Waals surface area contributed by atoms with Crippen molar-refractivity contribution in [3.63, 3.8) is 0 Å². The summed E-state index contributed by atoms with van der Waals surface area (Å²) in [4.78, 5) is 0. The Morgan fingerprint density at radius 2 is 2.27 bits per heavy atom. The highest BCUT2D eigenvalue weighted by atomic mass is 16.5. The zero-order chi connectivity index (χ0) is 8.32. The Labute approximate surface area is 69.3 Å². The van der Waals surface area contributed by atoms with Crippen LogP contribution in [-0.2, 0) is 4.74 Å². The molecule has 1 fully saturated rings. The third-order valence-electron chi connectivity index (χ3n) is 2.22.